The molecule has 9 heteroatoms. The second-order valence-corrected chi connectivity index (χ2v) is 8.52. The first kappa shape index (κ1) is 24.0. The van der Waals surface area contributed by atoms with Crippen LogP contribution in [0.2, 0.25) is 0 Å². The van der Waals surface area contributed by atoms with E-state index in [1.807, 2.05) is 25.2 Å². The van der Waals surface area contributed by atoms with E-state index in [4.69, 9.17) is 16.6 Å². The van der Waals surface area contributed by atoms with Crippen LogP contribution in [0.1, 0.15) is 38.3 Å². The number of benzene rings is 2. The zero-order chi connectivity index (χ0) is 24.9. The van der Waals surface area contributed by atoms with E-state index in [0.29, 0.717) is 45.7 Å². The van der Waals surface area contributed by atoms with Gasteiger partial charge in [-0.2, -0.15) is 0 Å². The van der Waals surface area contributed by atoms with Crippen LogP contribution in [0.3, 0.4) is 0 Å². The van der Waals surface area contributed by atoms with Gasteiger partial charge in [-0.25, -0.2) is 4.98 Å². The second-order valence-electron chi connectivity index (χ2n) is 8.02. The van der Waals surface area contributed by atoms with Gasteiger partial charge in [0.25, 0.3) is 5.69 Å². The Morgan fingerprint density at radius 1 is 1.26 bits per heavy atom. The topological polar surface area (TPSA) is 118 Å². The van der Waals surface area contributed by atoms with Crippen LogP contribution in [0.25, 0.3) is 28.2 Å². The molecule has 0 unspecified atom stereocenters. The first-order valence-electron chi connectivity index (χ1n) is 11.2. The summed E-state index contributed by atoms with van der Waals surface area (Å²) in [6, 6.07) is 11.0. The van der Waals surface area contributed by atoms with E-state index < -0.39 is 4.92 Å². The van der Waals surface area contributed by atoms with Gasteiger partial charge in [-0.1, -0.05) is 62.0 Å². The maximum Gasteiger partial charge on any atom is 0.270 e. The van der Waals surface area contributed by atoms with Gasteiger partial charge in [0.2, 0.25) is 17.7 Å². The first-order chi connectivity index (χ1) is 16.9. The van der Waals surface area contributed by atoms with Crippen LogP contribution in [-0.4, -0.2) is 25.8 Å². The van der Waals surface area contributed by atoms with Gasteiger partial charge < -0.3 is 9.52 Å². The fraction of sp³-hybridized carbons (Fsp3) is 0.192. The normalized spacial score (nSPS) is 12.9. The van der Waals surface area contributed by atoms with Crippen molar-refractivity contribution >= 4 is 40.1 Å². The predicted molar refractivity (Wildman–Crippen MR) is 138 cm³/mol. The zero-order valence-electron chi connectivity index (χ0n) is 19.0. The van der Waals surface area contributed by atoms with Gasteiger partial charge >= 0.3 is 0 Å². The van der Waals surface area contributed by atoms with Crippen molar-refractivity contribution in [2.24, 2.45) is 0 Å². The van der Waals surface area contributed by atoms with Crippen molar-refractivity contribution in [2.75, 3.05) is 5.32 Å². The molecule has 0 fully saturated rings. The van der Waals surface area contributed by atoms with E-state index in [0.717, 1.165) is 12.8 Å². The molecule has 2 aromatic carbocycles. The molecular weight excluding hydrogens is 466 g/mol. The lowest BCUT2D eigenvalue weighted by molar-refractivity contribution is -0.384. The summed E-state index contributed by atoms with van der Waals surface area (Å²) in [6.07, 6.45) is 8.17. The average Bonchev–Trinajstić information content (AvgIpc) is 3.25. The van der Waals surface area contributed by atoms with Crippen LogP contribution in [0.4, 0.5) is 11.6 Å². The maximum absolute atomic E-state index is 12.4. The fourth-order valence-electron chi connectivity index (χ4n) is 3.67. The molecule has 1 aromatic heterocycles. The number of amides is 1. The summed E-state index contributed by atoms with van der Waals surface area (Å²) in [5.41, 5.74) is 2.53. The predicted octanol–water partition coefficient (Wildman–Crippen LogP) is 6.46. The number of aromatic hydroxyl groups is 1. The van der Waals surface area contributed by atoms with E-state index in [9.17, 15) is 20.0 Å². The Kier molecular flexibility index (Phi) is 7.17. The minimum atomic E-state index is -0.470. The summed E-state index contributed by atoms with van der Waals surface area (Å²) >= 11 is 5.49. The van der Waals surface area contributed by atoms with Crippen LogP contribution < -0.4 is 5.32 Å². The lowest BCUT2D eigenvalue weighted by atomic mass is 10.0. The number of phenolic OH excluding ortho intramolecular Hbond substituents is 1. The van der Waals surface area contributed by atoms with Gasteiger partial charge in [-0.3, -0.25) is 20.2 Å². The molecule has 8 nitrogen and oxygen atoms in total. The number of unbranched alkanes of at least 4 members (excludes halogenated alkanes) is 1. The highest BCUT2D eigenvalue weighted by atomic mass is 32.1. The quantitative estimate of drug-likeness (QED) is 0.212. The standard InChI is InChI=1S/C26H23N3O5S/c1-2-3-11-23(31)27-26-24(20-9-4-5-10-22(20)35)28-25(34-26)19-13-12-17(15-21(19)30)16-7-6-8-18(14-16)29(32)33/h4-9,12-15,30H,2-3,10-11H2,1H3,(H,27,31). The molecular formula is C26H23N3O5S. The summed E-state index contributed by atoms with van der Waals surface area (Å²) in [7, 11) is 0. The molecule has 0 bridgehead atoms. The summed E-state index contributed by atoms with van der Waals surface area (Å²) < 4.78 is 5.91. The highest BCUT2D eigenvalue weighted by Gasteiger charge is 2.24. The van der Waals surface area contributed by atoms with Crippen molar-refractivity contribution < 1.29 is 19.2 Å². The third-order valence-corrected chi connectivity index (χ3v) is 5.90. The Morgan fingerprint density at radius 3 is 2.77 bits per heavy atom. The molecule has 0 saturated heterocycles. The van der Waals surface area contributed by atoms with E-state index in [2.05, 4.69) is 10.3 Å². The first-order valence-corrected chi connectivity index (χ1v) is 11.6. The Labute approximate surface area is 207 Å². The molecule has 1 heterocycles. The largest absolute Gasteiger partial charge is 0.507 e. The number of nitro groups is 1. The number of nitrogens with zero attached hydrogens (tertiary/aromatic N) is 2. The summed E-state index contributed by atoms with van der Waals surface area (Å²) in [5, 5.41) is 24.7. The third kappa shape index (κ3) is 5.36. The lowest BCUT2D eigenvalue weighted by Gasteiger charge is -2.09. The summed E-state index contributed by atoms with van der Waals surface area (Å²) in [4.78, 5) is 28.3. The van der Waals surface area contributed by atoms with E-state index in [1.165, 1.54) is 18.2 Å². The molecule has 0 radical (unpaired) electrons. The van der Waals surface area contributed by atoms with Crippen molar-refractivity contribution in [3.05, 3.63) is 76.5 Å². The number of carbonyl (C=O) groups excluding carboxylic acids is 1. The number of non-ortho nitro benzene ring substituents is 1. The zero-order valence-corrected chi connectivity index (χ0v) is 19.8. The molecule has 178 valence electrons. The smallest absolute Gasteiger partial charge is 0.270 e. The highest BCUT2D eigenvalue weighted by Crippen LogP contribution is 2.38. The van der Waals surface area contributed by atoms with Crippen molar-refractivity contribution in [3.8, 4) is 28.3 Å². The summed E-state index contributed by atoms with van der Waals surface area (Å²) in [6.45, 7) is 2.00. The molecule has 0 saturated carbocycles. The number of oxazole rings is 1. The molecule has 4 rings (SSSR count). The van der Waals surface area contributed by atoms with E-state index in [1.54, 1.807) is 24.3 Å². The van der Waals surface area contributed by atoms with Gasteiger partial charge in [0, 0.05) is 35.4 Å². The van der Waals surface area contributed by atoms with Crippen molar-refractivity contribution in [2.45, 2.75) is 32.6 Å². The van der Waals surface area contributed by atoms with Gasteiger partial charge in [-0.15, -0.1) is 0 Å². The molecule has 1 aliphatic rings. The van der Waals surface area contributed by atoms with Gasteiger partial charge in [0.05, 0.1) is 10.5 Å². The number of nitrogens with one attached hydrogen (secondary N) is 1. The highest BCUT2D eigenvalue weighted by molar-refractivity contribution is 7.81. The van der Waals surface area contributed by atoms with Gasteiger partial charge in [0.1, 0.15) is 11.4 Å². The molecule has 2 N–H and O–H groups in total. The van der Waals surface area contributed by atoms with Crippen molar-refractivity contribution in [3.63, 3.8) is 0 Å². The lowest BCUT2D eigenvalue weighted by Crippen LogP contribution is -2.12. The number of carbonyl (C=O) groups is 1. The molecule has 1 aliphatic carbocycles. The number of hydrogen-bond donors (Lipinski definition) is 2. The number of thiocarbonyl (C=S) groups is 1. The average molecular weight is 490 g/mol. The van der Waals surface area contributed by atoms with Crippen LogP contribution >= 0.6 is 12.2 Å². The van der Waals surface area contributed by atoms with E-state index in [-0.39, 0.29) is 29.1 Å². The van der Waals surface area contributed by atoms with Gasteiger partial charge in [0.15, 0.2) is 0 Å². The van der Waals surface area contributed by atoms with Crippen LogP contribution in [0.5, 0.6) is 5.75 Å². The third-order valence-electron chi connectivity index (χ3n) is 5.51. The molecule has 35 heavy (non-hydrogen) atoms. The van der Waals surface area contributed by atoms with Crippen LogP contribution in [0, 0.1) is 10.1 Å². The molecule has 0 spiro atoms. The number of nitro benzene ring substituents is 1. The minimum absolute atomic E-state index is 0.0439. The Hall–Kier alpha value is -4.11. The van der Waals surface area contributed by atoms with Crippen LogP contribution in [0.15, 0.2) is 65.1 Å². The van der Waals surface area contributed by atoms with E-state index >= 15 is 0 Å². The minimum Gasteiger partial charge on any atom is -0.507 e. The monoisotopic (exact) mass is 489 g/mol. The fourth-order valence-corrected chi connectivity index (χ4v) is 3.93. The van der Waals surface area contributed by atoms with Crippen molar-refractivity contribution in [1.82, 2.24) is 4.98 Å². The number of rotatable bonds is 8. The molecule has 0 aliphatic heterocycles. The Morgan fingerprint density at radius 2 is 2.06 bits per heavy atom. The molecule has 0 atom stereocenters. The Balaban J connectivity index is 1.72. The second kappa shape index (κ2) is 10.4. The molecule has 3 aromatic rings. The van der Waals surface area contributed by atoms with Crippen molar-refractivity contribution in [1.29, 1.82) is 0 Å². The SMILES string of the molecule is CCCCC(=O)Nc1oc(-c2ccc(-c3cccc([N+](=O)[O-])c3)cc2O)nc1C1=CC=CCC1=S. The maximum atomic E-state index is 12.4. The van der Waals surface area contributed by atoms with Gasteiger partial charge in [-0.05, 0) is 29.7 Å². The van der Waals surface area contributed by atoms with Crippen LogP contribution in [-0.2, 0) is 4.79 Å². The number of allylic oxidation sites excluding steroid dienone is 4. The summed E-state index contributed by atoms with van der Waals surface area (Å²) in [5.74, 6) is -0.0241. The number of anilines is 1. The Bertz CT molecular complexity index is 1370. The molecule has 1 amide bonds. The number of phenols is 1. The number of aromatic nitrogens is 1. The number of hydrogen-bond acceptors (Lipinski definition) is 7.